The minimum atomic E-state index is -3.37. The molecule has 0 aliphatic heterocycles. The zero-order valence-corrected chi connectivity index (χ0v) is 8.52. The summed E-state index contributed by atoms with van der Waals surface area (Å²) in [7, 11) is -3.37. The van der Waals surface area contributed by atoms with Crippen molar-refractivity contribution >= 4 is 10.0 Å². The Hall–Kier alpha value is -0.600. The van der Waals surface area contributed by atoms with Crippen molar-refractivity contribution < 1.29 is 8.42 Å². The summed E-state index contributed by atoms with van der Waals surface area (Å²) in [5.41, 5.74) is -0.240. The third kappa shape index (κ3) is 2.42. The molecule has 1 N–H and O–H groups in total. The summed E-state index contributed by atoms with van der Waals surface area (Å²) in [4.78, 5) is 0. The Morgan fingerprint density at radius 1 is 1.54 bits per heavy atom. The highest BCUT2D eigenvalue weighted by Crippen LogP contribution is 2.35. The Labute approximate surface area is 79.0 Å². The molecule has 0 atom stereocenters. The van der Waals surface area contributed by atoms with E-state index in [0.29, 0.717) is 0 Å². The van der Waals surface area contributed by atoms with Crippen molar-refractivity contribution in [2.75, 3.05) is 5.75 Å². The van der Waals surface area contributed by atoms with Crippen LogP contribution in [0.5, 0.6) is 0 Å². The number of sulfonamides is 1. The van der Waals surface area contributed by atoms with Crippen molar-refractivity contribution in [3.63, 3.8) is 0 Å². The molecule has 0 saturated heterocycles. The maximum Gasteiger partial charge on any atom is 0.225 e. The standard InChI is InChI=1S/C8H14N2O2S/c1-2-8(4-3-5-8)10-13(11,12)7-6-9/h10H,2-5,7H2,1H3. The van der Waals surface area contributed by atoms with E-state index in [1.165, 1.54) is 0 Å². The molecule has 13 heavy (non-hydrogen) atoms. The lowest BCUT2D eigenvalue weighted by Crippen LogP contribution is -2.53. The average Bonchev–Trinajstić information content (AvgIpc) is 1.97. The van der Waals surface area contributed by atoms with E-state index in [-0.39, 0.29) is 5.54 Å². The van der Waals surface area contributed by atoms with Crippen molar-refractivity contribution in [3.05, 3.63) is 0 Å². The van der Waals surface area contributed by atoms with Gasteiger partial charge in [0.05, 0.1) is 6.07 Å². The Morgan fingerprint density at radius 2 is 2.15 bits per heavy atom. The number of hydrogen-bond donors (Lipinski definition) is 1. The zero-order valence-electron chi connectivity index (χ0n) is 7.71. The molecule has 0 amide bonds. The normalized spacial score (nSPS) is 20.3. The lowest BCUT2D eigenvalue weighted by Gasteiger charge is -2.41. The van der Waals surface area contributed by atoms with Crippen LogP contribution in [0.15, 0.2) is 0 Å². The molecule has 0 heterocycles. The van der Waals surface area contributed by atoms with Gasteiger partial charge in [-0.1, -0.05) is 6.92 Å². The summed E-state index contributed by atoms with van der Waals surface area (Å²) in [5.74, 6) is -0.436. The number of nitrogens with one attached hydrogen (secondary N) is 1. The summed E-state index contributed by atoms with van der Waals surface area (Å²) >= 11 is 0. The molecular weight excluding hydrogens is 188 g/mol. The first-order valence-corrected chi connectivity index (χ1v) is 6.07. The molecule has 0 aromatic carbocycles. The summed E-state index contributed by atoms with van der Waals surface area (Å²) in [6, 6.07) is 1.65. The van der Waals surface area contributed by atoms with Crippen LogP contribution in [0.4, 0.5) is 0 Å². The lowest BCUT2D eigenvalue weighted by molar-refractivity contribution is 0.214. The quantitative estimate of drug-likeness (QED) is 0.731. The van der Waals surface area contributed by atoms with Gasteiger partial charge in [0, 0.05) is 5.54 Å². The third-order valence-corrected chi connectivity index (χ3v) is 3.87. The number of nitriles is 1. The van der Waals surface area contributed by atoms with Gasteiger partial charge in [-0.15, -0.1) is 0 Å². The molecule has 5 heteroatoms. The Bertz CT molecular complexity index is 306. The van der Waals surface area contributed by atoms with Crippen LogP contribution in [-0.2, 0) is 10.0 Å². The second kappa shape index (κ2) is 3.64. The van der Waals surface area contributed by atoms with Gasteiger partial charge in [0.15, 0.2) is 5.75 Å². The van der Waals surface area contributed by atoms with Gasteiger partial charge in [-0.2, -0.15) is 5.26 Å². The van der Waals surface area contributed by atoms with Gasteiger partial charge < -0.3 is 0 Å². The molecule has 0 unspecified atom stereocenters. The molecule has 0 spiro atoms. The maximum atomic E-state index is 11.3. The SMILES string of the molecule is CCC1(NS(=O)(=O)CC#N)CCC1. The van der Waals surface area contributed by atoms with Crippen LogP contribution in [0.3, 0.4) is 0 Å². The van der Waals surface area contributed by atoms with Gasteiger partial charge >= 0.3 is 0 Å². The van der Waals surface area contributed by atoms with Crippen LogP contribution in [-0.4, -0.2) is 19.7 Å². The molecule has 0 aromatic rings. The topological polar surface area (TPSA) is 70.0 Å². The molecule has 1 rings (SSSR count). The van der Waals surface area contributed by atoms with Crippen LogP contribution >= 0.6 is 0 Å². The summed E-state index contributed by atoms with van der Waals surface area (Å²) in [5, 5.41) is 8.29. The Morgan fingerprint density at radius 3 is 2.46 bits per heavy atom. The van der Waals surface area contributed by atoms with Crippen LogP contribution in [0.25, 0.3) is 0 Å². The highest BCUT2D eigenvalue weighted by molar-refractivity contribution is 7.89. The minimum absolute atomic E-state index is 0.240. The first-order chi connectivity index (χ1) is 6.04. The first kappa shape index (κ1) is 10.5. The average molecular weight is 202 g/mol. The number of nitrogens with zero attached hydrogens (tertiary/aromatic N) is 1. The molecule has 74 valence electrons. The molecule has 0 aromatic heterocycles. The highest BCUT2D eigenvalue weighted by atomic mass is 32.2. The third-order valence-electron chi connectivity index (χ3n) is 2.61. The molecule has 1 aliphatic carbocycles. The van der Waals surface area contributed by atoms with Crippen LogP contribution in [0.2, 0.25) is 0 Å². The molecule has 0 bridgehead atoms. The van der Waals surface area contributed by atoms with Gasteiger partial charge in [-0.05, 0) is 25.7 Å². The predicted octanol–water partition coefficient (Wildman–Crippen LogP) is 0.762. The van der Waals surface area contributed by atoms with Crippen LogP contribution in [0, 0.1) is 11.3 Å². The fraction of sp³-hybridized carbons (Fsp3) is 0.875. The van der Waals surface area contributed by atoms with Gasteiger partial charge in [0.25, 0.3) is 0 Å². The number of hydrogen-bond acceptors (Lipinski definition) is 3. The van der Waals surface area contributed by atoms with E-state index in [2.05, 4.69) is 4.72 Å². The van der Waals surface area contributed by atoms with Crippen LogP contribution in [0.1, 0.15) is 32.6 Å². The summed E-state index contributed by atoms with van der Waals surface area (Å²) in [6.45, 7) is 1.97. The van der Waals surface area contributed by atoms with E-state index >= 15 is 0 Å². The molecular formula is C8H14N2O2S. The van der Waals surface area contributed by atoms with E-state index in [1.807, 2.05) is 6.92 Å². The summed E-state index contributed by atoms with van der Waals surface area (Å²) in [6.07, 6.45) is 3.67. The Kier molecular flexibility index (Phi) is 2.94. The predicted molar refractivity (Wildman–Crippen MR) is 49.4 cm³/mol. The van der Waals surface area contributed by atoms with Gasteiger partial charge in [-0.3, -0.25) is 0 Å². The van der Waals surface area contributed by atoms with Crippen LogP contribution < -0.4 is 4.72 Å². The van der Waals surface area contributed by atoms with Gasteiger partial charge in [0.1, 0.15) is 0 Å². The monoisotopic (exact) mass is 202 g/mol. The van der Waals surface area contributed by atoms with E-state index in [4.69, 9.17) is 5.26 Å². The Balaban J connectivity index is 2.62. The molecule has 1 aliphatic rings. The van der Waals surface area contributed by atoms with Gasteiger partial charge in [-0.25, -0.2) is 13.1 Å². The van der Waals surface area contributed by atoms with Gasteiger partial charge in [0.2, 0.25) is 10.0 Å². The fourth-order valence-electron chi connectivity index (χ4n) is 1.58. The second-order valence-electron chi connectivity index (χ2n) is 3.51. The highest BCUT2D eigenvalue weighted by Gasteiger charge is 2.38. The lowest BCUT2D eigenvalue weighted by atomic mass is 9.76. The fourth-order valence-corrected chi connectivity index (χ4v) is 2.83. The largest absolute Gasteiger partial charge is 0.225 e. The van der Waals surface area contributed by atoms with Crippen molar-refractivity contribution in [2.24, 2.45) is 0 Å². The smallest absolute Gasteiger partial charge is 0.211 e. The minimum Gasteiger partial charge on any atom is -0.211 e. The molecule has 0 radical (unpaired) electrons. The first-order valence-electron chi connectivity index (χ1n) is 4.42. The van der Waals surface area contributed by atoms with E-state index in [9.17, 15) is 8.42 Å². The van der Waals surface area contributed by atoms with E-state index < -0.39 is 15.8 Å². The van der Waals surface area contributed by atoms with E-state index in [0.717, 1.165) is 25.7 Å². The zero-order chi connectivity index (χ0) is 9.95. The maximum absolute atomic E-state index is 11.3. The van der Waals surface area contributed by atoms with E-state index in [1.54, 1.807) is 6.07 Å². The van der Waals surface area contributed by atoms with Crippen molar-refractivity contribution in [3.8, 4) is 6.07 Å². The molecule has 1 fully saturated rings. The molecule has 4 nitrogen and oxygen atoms in total. The number of rotatable bonds is 4. The van der Waals surface area contributed by atoms with Crippen molar-refractivity contribution in [1.29, 1.82) is 5.26 Å². The van der Waals surface area contributed by atoms with Crippen molar-refractivity contribution in [2.45, 2.75) is 38.1 Å². The summed E-state index contributed by atoms with van der Waals surface area (Å²) < 4.78 is 25.1. The molecule has 1 saturated carbocycles. The second-order valence-corrected chi connectivity index (χ2v) is 5.23. The van der Waals surface area contributed by atoms with Crippen molar-refractivity contribution in [1.82, 2.24) is 4.72 Å².